The highest BCUT2D eigenvalue weighted by Crippen LogP contribution is 2.46. The van der Waals surface area contributed by atoms with E-state index in [1.807, 2.05) is 34.6 Å². The first-order chi connectivity index (χ1) is 15.3. The van der Waals surface area contributed by atoms with Gasteiger partial charge in [0.25, 0.3) is 0 Å². The van der Waals surface area contributed by atoms with E-state index in [1.54, 1.807) is 0 Å². The molecule has 6 nitrogen and oxygen atoms in total. The summed E-state index contributed by atoms with van der Waals surface area (Å²) in [6, 6.07) is 0.668. The highest BCUT2D eigenvalue weighted by Gasteiger charge is 2.48. The topological polar surface area (TPSA) is 82.1 Å². The molecule has 1 rings (SSSR count). The Hall–Kier alpha value is -1.02. The molecule has 0 heterocycles. The number of carbonyl (C=O) groups excluding carboxylic acids is 1. The second-order valence-electron chi connectivity index (χ2n) is 10.5. The minimum Gasteiger partial charge on any atom is -0.481 e. The number of rotatable bonds is 14. The summed E-state index contributed by atoms with van der Waals surface area (Å²) in [6.45, 7) is 20.0. The Labute approximate surface area is 202 Å². The van der Waals surface area contributed by atoms with Crippen LogP contribution in [0.4, 0.5) is 0 Å². The monoisotopic (exact) mass is 484 g/mol. The smallest absolute Gasteiger partial charge is 0.481 e. The third kappa shape index (κ3) is 8.01. The second kappa shape index (κ2) is 13.2. The lowest BCUT2D eigenvalue weighted by Gasteiger charge is -2.43. The van der Waals surface area contributed by atoms with Crippen LogP contribution in [0.5, 0.6) is 0 Å². The number of allylic oxidation sites excluding steroid dienone is 2. The number of hydrogen-bond acceptors (Lipinski definition) is 5. The van der Waals surface area contributed by atoms with Gasteiger partial charge in [0.1, 0.15) is 5.78 Å². The van der Waals surface area contributed by atoms with Gasteiger partial charge < -0.3 is 18.4 Å². The third-order valence-corrected chi connectivity index (χ3v) is 10.5. The molecule has 0 aromatic carbocycles. The van der Waals surface area contributed by atoms with E-state index < -0.39 is 26.6 Å². The molecular formula is C26H48O6Si. The number of unbranched alkanes of at least 4 members (excludes halogenated alkanes) is 1. The molecule has 5 unspecified atom stereocenters. The van der Waals surface area contributed by atoms with E-state index in [0.29, 0.717) is 38.7 Å². The summed E-state index contributed by atoms with van der Waals surface area (Å²) < 4.78 is 17.7. The first kappa shape index (κ1) is 30.0. The number of Topliss-reactive ketones (excluding diaryl/α,β-unsaturated/α-hetero) is 1. The largest absolute Gasteiger partial charge is 0.500 e. The molecule has 1 N–H and O–H groups in total. The van der Waals surface area contributed by atoms with Gasteiger partial charge in [0.05, 0.1) is 5.92 Å². The molecule has 5 atom stereocenters. The SMILES string of the molecule is CCO[Si](CCCCC(=O)C1C(C)C(C)=CC(C(C)C(C)(C)C)C1C(=O)O)(OCC)OCC. The zero-order valence-electron chi connectivity index (χ0n) is 22.4. The zero-order chi connectivity index (χ0) is 25.4. The molecule has 0 radical (unpaired) electrons. The Morgan fingerprint density at radius 1 is 1.03 bits per heavy atom. The third-order valence-electron chi connectivity index (χ3n) is 7.36. The van der Waals surface area contributed by atoms with Crippen LogP contribution >= 0.6 is 0 Å². The Kier molecular flexibility index (Phi) is 12.0. The molecule has 0 amide bonds. The van der Waals surface area contributed by atoms with Crippen LogP contribution in [0.3, 0.4) is 0 Å². The van der Waals surface area contributed by atoms with Gasteiger partial charge in [0.15, 0.2) is 0 Å². The summed E-state index contributed by atoms with van der Waals surface area (Å²) in [5.41, 5.74) is 1.08. The lowest BCUT2D eigenvalue weighted by molar-refractivity contribution is -0.152. The van der Waals surface area contributed by atoms with E-state index >= 15 is 0 Å². The van der Waals surface area contributed by atoms with Crippen molar-refractivity contribution >= 4 is 20.6 Å². The Bertz CT molecular complexity index is 651. The number of carbonyl (C=O) groups is 2. The molecule has 1 aliphatic carbocycles. The van der Waals surface area contributed by atoms with Crippen molar-refractivity contribution in [2.75, 3.05) is 19.8 Å². The predicted molar refractivity (Wildman–Crippen MR) is 134 cm³/mol. The Morgan fingerprint density at radius 2 is 1.55 bits per heavy atom. The Balaban J connectivity index is 2.96. The predicted octanol–water partition coefficient (Wildman–Crippen LogP) is 5.99. The van der Waals surface area contributed by atoms with Crippen molar-refractivity contribution < 1.29 is 28.0 Å². The molecule has 0 saturated heterocycles. The summed E-state index contributed by atoms with van der Waals surface area (Å²) in [7, 11) is -2.72. The highest BCUT2D eigenvalue weighted by molar-refractivity contribution is 6.60. The number of aliphatic carboxylic acids is 1. The van der Waals surface area contributed by atoms with Gasteiger partial charge in [-0.2, -0.15) is 0 Å². The van der Waals surface area contributed by atoms with Crippen LogP contribution in [-0.4, -0.2) is 45.5 Å². The van der Waals surface area contributed by atoms with Gasteiger partial charge in [-0.3, -0.25) is 9.59 Å². The molecule has 0 fully saturated rings. The maximum absolute atomic E-state index is 13.4. The number of carboxylic acids is 1. The van der Waals surface area contributed by atoms with Crippen molar-refractivity contribution in [2.45, 2.75) is 87.6 Å². The minimum absolute atomic E-state index is 0.0465. The van der Waals surface area contributed by atoms with Crippen LogP contribution in [0.2, 0.25) is 6.04 Å². The van der Waals surface area contributed by atoms with Crippen molar-refractivity contribution in [1.82, 2.24) is 0 Å². The lowest BCUT2D eigenvalue weighted by Crippen LogP contribution is -2.46. The van der Waals surface area contributed by atoms with Gasteiger partial charge in [-0.1, -0.05) is 46.3 Å². The molecule has 0 aromatic rings. The van der Waals surface area contributed by atoms with Crippen molar-refractivity contribution in [1.29, 1.82) is 0 Å². The number of carboxylic acid groups (broad SMARTS) is 1. The van der Waals surface area contributed by atoms with Gasteiger partial charge in [-0.25, -0.2) is 0 Å². The molecule has 0 saturated carbocycles. The fourth-order valence-corrected chi connectivity index (χ4v) is 7.72. The normalized spacial score (nSPS) is 24.9. The average molecular weight is 485 g/mol. The second-order valence-corrected chi connectivity index (χ2v) is 13.2. The standard InChI is InChI=1S/C26H48O6Si/c1-10-30-33(31-11-2,32-12-3)16-14-13-15-22(27)23-19(5)18(4)17-21(24(23)25(28)29)20(6)26(7,8)9/h17,19-21,23-24H,10-16H2,1-9H3,(H,28,29). The van der Waals surface area contributed by atoms with Gasteiger partial charge in [0, 0.05) is 38.2 Å². The fraction of sp³-hybridized carbons (Fsp3) is 0.846. The molecule has 192 valence electrons. The highest BCUT2D eigenvalue weighted by atomic mass is 28.4. The zero-order valence-corrected chi connectivity index (χ0v) is 23.4. The van der Waals surface area contributed by atoms with Crippen molar-refractivity contribution in [3.63, 3.8) is 0 Å². The molecule has 0 bridgehead atoms. The van der Waals surface area contributed by atoms with Crippen LogP contribution < -0.4 is 0 Å². The molecular weight excluding hydrogens is 436 g/mol. The first-order valence-corrected chi connectivity index (χ1v) is 14.6. The van der Waals surface area contributed by atoms with E-state index in [2.05, 4.69) is 33.8 Å². The van der Waals surface area contributed by atoms with E-state index in [4.69, 9.17) is 13.3 Å². The summed E-state index contributed by atoms with van der Waals surface area (Å²) in [6.07, 6.45) is 3.93. The Morgan fingerprint density at radius 3 is 1.97 bits per heavy atom. The van der Waals surface area contributed by atoms with E-state index in [0.717, 1.165) is 12.0 Å². The quantitative estimate of drug-likeness (QED) is 0.185. The van der Waals surface area contributed by atoms with Crippen molar-refractivity contribution in [2.24, 2.45) is 35.0 Å². The van der Waals surface area contributed by atoms with Gasteiger partial charge in [0.2, 0.25) is 0 Å². The van der Waals surface area contributed by atoms with E-state index in [1.165, 1.54) is 0 Å². The van der Waals surface area contributed by atoms with Gasteiger partial charge in [-0.05, 0) is 63.7 Å². The van der Waals surface area contributed by atoms with Gasteiger partial charge >= 0.3 is 14.8 Å². The summed E-state index contributed by atoms with van der Waals surface area (Å²) in [5.74, 6) is -2.05. The maximum Gasteiger partial charge on any atom is 0.500 e. The van der Waals surface area contributed by atoms with E-state index in [9.17, 15) is 14.7 Å². The van der Waals surface area contributed by atoms with Crippen LogP contribution in [-0.2, 0) is 22.9 Å². The number of hydrogen-bond donors (Lipinski definition) is 1. The van der Waals surface area contributed by atoms with Crippen molar-refractivity contribution in [3.8, 4) is 0 Å². The van der Waals surface area contributed by atoms with Crippen LogP contribution in [0.15, 0.2) is 11.6 Å². The fourth-order valence-electron chi connectivity index (χ4n) is 5.03. The minimum atomic E-state index is -2.72. The molecule has 7 heteroatoms. The van der Waals surface area contributed by atoms with Crippen molar-refractivity contribution in [3.05, 3.63) is 11.6 Å². The van der Waals surface area contributed by atoms with Gasteiger partial charge in [-0.15, -0.1) is 0 Å². The van der Waals surface area contributed by atoms with Crippen LogP contribution in [0.1, 0.15) is 81.6 Å². The lowest BCUT2D eigenvalue weighted by atomic mass is 9.59. The van der Waals surface area contributed by atoms with Crippen LogP contribution in [0, 0.1) is 35.0 Å². The average Bonchev–Trinajstić information content (AvgIpc) is 2.71. The number of ketones is 1. The molecule has 33 heavy (non-hydrogen) atoms. The summed E-state index contributed by atoms with van der Waals surface area (Å²) in [5, 5.41) is 10.2. The molecule has 0 spiro atoms. The summed E-state index contributed by atoms with van der Waals surface area (Å²) >= 11 is 0. The molecule has 0 aliphatic heterocycles. The summed E-state index contributed by atoms with van der Waals surface area (Å²) in [4.78, 5) is 25.8. The molecule has 1 aliphatic rings. The van der Waals surface area contributed by atoms with E-state index in [-0.39, 0.29) is 29.0 Å². The first-order valence-electron chi connectivity index (χ1n) is 12.7. The maximum atomic E-state index is 13.4. The molecule has 0 aromatic heterocycles. The van der Waals surface area contributed by atoms with Crippen LogP contribution in [0.25, 0.3) is 0 Å².